The molecule has 0 saturated carbocycles. The van der Waals surface area contributed by atoms with Gasteiger partial charge >= 0.3 is 0 Å². The highest BCUT2D eigenvalue weighted by molar-refractivity contribution is 6.33. The molecular formula is C16H16ClN3O2. The summed E-state index contributed by atoms with van der Waals surface area (Å²) in [5, 5.41) is 2.99. The summed E-state index contributed by atoms with van der Waals surface area (Å²) >= 11 is 5.96. The van der Waals surface area contributed by atoms with Crippen molar-refractivity contribution in [3.63, 3.8) is 0 Å². The van der Waals surface area contributed by atoms with Crippen LogP contribution >= 0.6 is 11.6 Å². The molecule has 0 heterocycles. The number of halogens is 1. The van der Waals surface area contributed by atoms with Crippen molar-refractivity contribution in [3.05, 3.63) is 70.2 Å². The molecule has 1 unspecified atom stereocenters. The average molecular weight is 318 g/mol. The maximum Gasteiger partial charge on any atom is 0.250 e. The van der Waals surface area contributed by atoms with Gasteiger partial charge in [0.25, 0.3) is 0 Å². The smallest absolute Gasteiger partial charge is 0.250 e. The van der Waals surface area contributed by atoms with Gasteiger partial charge < -0.3 is 16.8 Å². The fraction of sp³-hybridized carbons (Fsp3) is 0.125. The second-order valence-electron chi connectivity index (χ2n) is 4.78. The molecule has 5 N–H and O–H groups in total. The van der Waals surface area contributed by atoms with Crippen molar-refractivity contribution in [3.8, 4) is 0 Å². The molecule has 114 valence electrons. The second kappa shape index (κ2) is 7.06. The van der Waals surface area contributed by atoms with E-state index in [-0.39, 0.29) is 23.0 Å². The molecule has 0 bridgehead atoms. The quantitative estimate of drug-likeness (QED) is 0.783. The number of hydrogen-bond acceptors (Lipinski definition) is 3. The predicted octanol–water partition coefficient (Wildman–Crippen LogP) is 1.76. The van der Waals surface area contributed by atoms with Crippen molar-refractivity contribution >= 4 is 23.4 Å². The van der Waals surface area contributed by atoms with Crippen molar-refractivity contribution in [1.82, 2.24) is 5.32 Å². The number of amides is 2. The lowest BCUT2D eigenvalue weighted by Gasteiger charge is -2.13. The van der Waals surface area contributed by atoms with E-state index in [9.17, 15) is 9.59 Å². The Morgan fingerprint density at radius 3 is 2.41 bits per heavy atom. The van der Waals surface area contributed by atoms with E-state index < -0.39 is 11.9 Å². The number of nitrogens with one attached hydrogen (secondary N) is 1. The van der Waals surface area contributed by atoms with Crippen LogP contribution in [0.5, 0.6) is 0 Å². The van der Waals surface area contributed by atoms with Gasteiger partial charge in [0.2, 0.25) is 11.8 Å². The van der Waals surface area contributed by atoms with Crippen molar-refractivity contribution in [2.24, 2.45) is 11.5 Å². The number of primary amides is 1. The molecule has 2 amide bonds. The first-order valence-electron chi connectivity index (χ1n) is 6.65. The van der Waals surface area contributed by atoms with Gasteiger partial charge in [-0.1, -0.05) is 48.0 Å². The summed E-state index contributed by atoms with van der Waals surface area (Å²) in [6.45, 7) is 0.262. The molecule has 0 aromatic heterocycles. The van der Waals surface area contributed by atoms with Crippen LogP contribution in [-0.2, 0) is 11.3 Å². The van der Waals surface area contributed by atoms with Crippen LogP contribution in [0.25, 0.3) is 0 Å². The SMILES string of the molecule is NC(=O)c1ccc(CNC(=O)C(N)c2ccccc2)cc1Cl. The third-order valence-corrected chi connectivity index (χ3v) is 3.52. The summed E-state index contributed by atoms with van der Waals surface area (Å²) in [6, 6.07) is 13.2. The Hall–Kier alpha value is -2.37. The van der Waals surface area contributed by atoms with Gasteiger partial charge in [0.1, 0.15) is 6.04 Å². The van der Waals surface area contributed by atoms with Gasteiger partial charge in [-0.2, -0.15) is 0 Å². The molecule has 0 spiro atoms. The third kappa shape index (κ3) is 3.84. The Bertz CT molecular complexity index is 689. The summed E-state index contributed by atoms with van der Waals surface area (Å²) in [7, 11) is 0. The Labute approximate surface area is 133 Å². The predicted molar refractivity (Wildman–Crippen MR) is 85.2 cm³/mol. The average Bonchev–Trinajstić information content (AvgIpc) is 2.52. The molecule has 0 saturated heterocycles. The monoisotopic (exact) mass is 317 g/mol. The number of rotatable bonds is 5. The van der Waals surface area contributed by atoms with Crippen LogP contribution < -0.4 is 16.8 Å². The summed E-state index contributed by atoms with van der Waals surface area (Å²) in [5.41, 5.74) is 12.8. The van der Waals surface area contributed by atoms with Crippen LogP contribution in [0.1, 0.15) is 27.5 Å². The minimum absolute atomic E-state index is 0.248. The summed E-state index contributed by atoms with van der Waals surface area (Å²) in [4.78, 5) is 23.1. The van der Waals surface area contributed by atoms with Gasteiger partial charge in [-0.25, -0.2) is 0 Å². The first kappa shape index (κ1) is 16.0. The number of hydrogen-bond donors (Lipinski definition) is 3. The van der Waals surface area contributed by atoms with Crippen molar-refractivity contribution < 1.29 is 9.59 Å². The molecule has 1 atom stereocenters. The van der Waals surface area contributed by atoms with Gasteiger partial charge in [-0.05, 0) is 23.3 Å². The fourth-order valence-corrected chi connectivity index (χ4v) is 2.28. The molecule has 6 heteroatoms. The Morgan fingerprint density at radius 2 is 1.82 bits per heavy atom. The lowest BCUT2D eigenvalue weighted by molar-refractivity contribution is -0.122. The molecule has 0 aliphatic carbocycles. The molecule has 22 heavy (non-hydrogen) atoms. The normalized spacial score (nSPS) is 11.7. The topological polar surface area (TPSA) is 98.2 Å². The number of carbonyl (C=O) groups excluding carboxylic acids is 2. The minimum Gasteiger partial charge on any atom is -0.366 e. The number of carbonyl (C=O) groups is 2. The van der Waals surface area contributed by atoms with Gasteiger partial charge in [0.15, 0.2) is 0 Å². The largest absolute Gasteiger partial charge is 0.366 e. The van der Waals surface area contributed by atoms with Crippen molar-refractivity contribution in [2.45, 2.75) is 12.6 Å². The van der Waals surface area contributed by atoms with Crippen LogP contribution in [0.4, 0.5) is 0 Å². The standard InChI is InChI=1S/C16H16ClN3O2/c17-13-8-10(6-7-12(13)15(19)21)9-20-16(22)14(18)11-4-2-1-3-5-11/h1-8,14H,9,18H2,(H2,19,21)(H,20,22). The fourth-order valence-electron chi connectivity index (χ4n) is 1.98. The second-order valence-corrected chi connectivity index (χ2v) is 5.19. The number of nitrogens with two attached hydrogens (primary N) is 2. The van der Waals surface area contributed by atoms with E-state index in [1.54, 1.807) is 24.3 Å². The molecule has 0 radical (unpaired) electrons. The summed E-state index contributed by atoms with van der Waals surface area (Å²) < 4.78 is 0. The Balaban J connectivity index is 1.99. The van der Waals surface area contributed by atoms with E-state index in [0.29, 0.717) is 0 Å². The first-order valence-corrected chi connectivity index (χ1v) is 7.03. The van der Waals surface area contributed by atoms with E-state index >= 15 is 0 Å². The van der Waals surface area contributed by atoms with Crippen LogP contribution in [-0.4, -0.2) is 11.8 Å². The molecule has 0 fully saturated rings. The maximum absolute atomic E-state index is 12.0. The zero-order valence-electron chi connectivity index (χ0n) is 11.8. The van der Waals surface area contributed by atoms with Crippen LogP contribution in [0.2, 0.25) is 5.02 Å². The van der Waals surface area contributed by atoms with Crippen LogP contribution in [0.15, 0.2) is 48.5 Å². The zero-order chi connectivity index (χ0) is 16.1. The van der Waals surface area contributed by atoms with E-state index in [1.807, 2.05) is 18.2 Å². The van der Waals surface area contributed by atoms with Gasteiger partial charge in [0, 0.05) is 6.54 Å². The van der Waals surface area contributed by atoms with E-state index in [1.165, 1.54) is 6.07 Å². The lowest BCUT2D eigenvalue weighted by atomic mass is 10.1. The first-order chi connectivity index (χ1) is 10.5. The van der Waals surface area contributed by atoms with Crippen molar-refractivity contribution in [2.75, 3.05) is 0 Å². The maximum atomic E-state index is 12.0. The van der Waals surface area contributed by atoms with Crippen LogP contribution in [0, 0.1) is 0 Å². The Kier molecular flexibility index (Phi) is 5.14. The molecule has 2 rings (SSSR count). The summed E-state index contributed by atoms with van der Waals surface area (Å²) in [5.74, 6) is -0.881. The highest BCUT2D eigenvalue weighted by atomic mass is 35.5. The van der Waals surface area contributed by atoms with E-state index in [4.69, 9.17) is 23.1 Å². The van der Waals surface area contributed by atoms with Gasteiger partial charge in [-0.3, -0.25) is 9.59 Å². The van der Waals surface area contributed by atoms with E-state index in [2.05, 4.69) is 5.32 Å². The molecule has 0 aliphatic rings. The molecular weight excluding hydrogens is 302 g/mol. The highest BCUT2D eigenvalue weighted by Gasteiger charge is 2.15. The molecule has 2 aromatic carbocycles. The van der Waals surface area contributed by atoms with Crippen molar-refractivity contribution in [1.29, 1.82) is 0 Å². The highest BCUT2D eigenvalue weighted by Crippen LogP contribution is 2.17. The van der Waals surface area contributed by atoms with Gasteiger partial charge in [0.05, 0.1) is 10.6 Å². The number of benzene rings is 2. The molecule has 2 aromatic rings. The Morgan fingerprint density at radius 1 is 1.14 bits per heavy atom. The van der Waals surface area contributed by atoms with E-state index in [0.717, 1.165) is 11.1 Å². The van der Waals surface area contributed by atoms with Crippen LogP contribution in [0.3, 0.4) is 0 Å². The lowest BCUT2D eigenvalue weighted by Crippen LogP contribution is -2.33. The third-order valence-electron chi connectivity index (χ3n) is 3.21. The zero-order valence-corrected chi connectivity index (χ0v) is 12.5. The van der Waals surface area contributed by atoms with Gasteiger partial charge in [-0.15, -0.1) is 0 Å². The molecule has 5 nitrogen and oxygen atoms in total. The molecule has 0 aliphatic heterocycles. The minimum atomic E-state index is -0.735. The summed E-state index contributed by atoms with van der Waals surface area (Å²) in [6.07, 6.45) is 0.